The fourth-order valence-corrected chi connectivity index (χ4v) is 7.09. The average Bonchev–Trinajstić information content (AvgIpc) is 3.43. The topological polar surface area (TPSA) is 63.7 Å². The third-order valence-corrected chi connectivity index (χ3v) is 8.65. The third-order valence-electron chi connectivity index (χ3n) is 8.65. The molecule has 0 amide bonds. The largest absolute Gasteiger partial charge is 0.494 e. The zero-order valence-corrected chi connectivity index (χ0v) is 22.3. The molecule has 0 radical (unpaired) electrons. The van der Waals surface area contributed by atoms with E-state index in [-0.39, 0.29) is 17.3 Å². The van der Waals surface area contributed by atoms with E-state index < -0.39 is 29.2 Å². The van der Waals surface area contributed by atoms with Crippen molar-refractivity contribution in [3.8, 4) is 5.75 Å². The maximum Gasteiger partial charge on any atom is 0.185 e. The molecule has 7 rings (SSSR count). The SMILES string of the molecule is CCOc1ccccc1[C@@H]1[C@@H](C(=O)c2ccccc2)N2c3ccc(F)cc3C=C[C@H]2C12C(=O)c1ccccc1C2=O. The summed E-state index contributed by atoms with van der Waals surface area (Å²) in [5, 5.41) is 0. The van der Waals surface area contributed by atoms with Crippen molar-refractivity contribution in [2.45, 2.75) is 24.9 Å². The van der Waals surface area contributed by atoms with E-state index in [1.54, 1.807) is 66.7 Å². The van der Waals surface area contributed by atoms with Crippen molar-refractivity contribution < 1.29 is 23.5 Å². The van der Waals surface area contributed by atoms with Crippen LogP contribution in [0.25, 0.3) is 6.08 Å². The minimum absolute atomic E-state index is 0.231. The summed E-state index contributed by atoms with van der Waals surface area (Å²) in [6.45, 7) is 2.23. The maximum atomic E-state index is 14.7. The van der Waals surface area contributed by atoms with Crippen molar-refractivity contribution in [3.05, 3.63) is 137 Å². The highest BCUT2D eigenvalue weighted by Gasteiger charge is 2.71. The predicted molar refractivity (Wildman–Crippen MR) is 154 cm³/mol. The lowest BCUT2D eigenvalue weighted by Gasteiger charge is -2.37. The minimum Gasteiger partial charge on any atom is -0.494 e. The standard InChI is InChI=1S/C35H26FNO4/c1-2-41-28-15-9-8-14-26(28)30-31(32(38)21-10-4-3-5-11-21)37-27-18-17-23(36)20-22(27)16-19-29(37)35(30)33(39)24-12-6-7-13-25(24)34(35)40/h3-20,29-31H,2H2,1H3/t29-,30+,31-/m0/s1. The number of benzene rings is 4. The van der Waals surface area contributed by atoms with Crippen LogP contribution in [0.3, 0.4) is 0 Å². The highest BCUT2D eigenvalue weighted by Crippen LogP contribution is 2.62. The van der Waals surface area contributed by atoms with E-state index in [1.165, 1.54) is 12.1 Å². The first-order valence-electron chi connectivity index (χ1n) is 13.7. The van der Waals surface area contributed by atoms with Gasteiger partial charge in [0.05, 0.1) is 12.6 Å². The highest BCUT2D eigenvalue weighted by molar-refractivity contribution is 6.32. The molecule has 0 saturated carbocycles. The monoisotopic (exact) mass is 543 g/mol. The number of anilines is 1. The van der Waals surface area contributed by atoms with Gasteiger partial charge in [0.25, 0.3) is 0 Å². The van der Waals surface area contributed by atoms with Crippen LogP contribution in [0.4, 0.5) is 10.1 Å². The van der Waals surface area contributed by atoms with Crippen LogP contribution in [-0.2, 0) is 0 Å². The van der Waals surface area contributed by atoms with Crippen LogP contribution in [0.15, 0.2) is 103 Å². The van der Waals surface area contributed by atoms with Crippen LogP contribution in [0.1, 0.15) is 55.0 Å². The Kier molecular flexibility index (Phi) is 5.75. The van der Waals surface area contributed by atoms with Gasteiger partial charge in [0, 0.05) is 39.4 Å². The number of hydrogen-bond donors (Lipinski definition) is 0. The molecule has 4 aromatic rings. The van der Waals surface area contributed by atoms with Crippen molar-refractivity contribution in [1.82, 2.24) is 0 Å². The number of Topliss-reactive ketones (excluding diaryl/α,β-unsaturated/α-hetero) is 3. The van der Waals surface area contributed by atoms with Gasteiger partial charge in [0.2, 0.25) is 0 Å². The third kappa shape index (κ3) is 3.43. The Hall–Kier alpha value is -4.84. The van der Waals surface area contributed by atoms with Crippen LogP contribution in [-0.4, -0.2) is 36.0 Å². The van der Waals surface area contributed by atoms with E-state index in [2.05, 4.69) is 0 Å². The first kappa shape index (κ1) is 25.1. The van der Waals surface area contributed by atoms with E-state index in [1.807, 2.05) is 42.2 Å². The molecule has 4 aromatic carbocycles. The van der Waals surface area contributed by atoms with Crippen LogP contribution in [0, 0.1) is 11.2 Å². The summed E-state index contributed by atoms with van der Waals surface area (Å²) in [5.74, 6) is -1.65. The molecule has 0 N–H and O–H groups in total. The summed E-state index contributed by atoms with van der Waals surface area (Å²) in [7, 11) is 0. The number of ether oxygens (including phenoxy) is 1. The number of carbonyl (C=O) groups excluding carboxylic acids is 3. The molecular weight excluding hydrogens is 517 g/mol. The molecule has 202 valence electrons. The smallest absolute Gasteiger partial charge is 0.185 e. The Bertz CT molecular complexity index is 1730. The molecule has 6 heteroatoms. The van der Waals surface area contributed by atoms with Crippen molar-refractivity contribution in [2.24, 2.45) is 5.41 Å². The fourth-order valence-electron chi connectivity index (χ4n) is 7.09. The molecule has 2 heterocycles. The number of ketones is 3. The molecule has 0 unspecified atom stereocenters. The van der Waals surface area contributed by atoms with Crippen LogP contribution < -0.4 is 9.64 Å². The van der Waals surface area contributed by atoms with E-state index in [9.17, 15) is 18.8 Å². The molecule has 1 saturated heterocycles. The normalized spacial score (nSPS) is 21.5. The quantitative estimate of drug-likeness (QED) is 0.211. The number of fused-ring (bicyclic) bond motifs is 5. The fraction of sp³-hybridized carbons (Fsp3) is 0.171. The highest BCUT2D eigenvalue weighted by atomic mass is 19.1. The molecule has 5 nitrogen and oxygen atoms in total. The Morgan fingerprint density at radius 1 is 0.878 bits per heavy atom. The average molecular weight is 544 g/mol. The number of halogens is 1. The van der Waals surface area contributed by atoms with Gasteiger partial charge >= 0.3 is 0 Å². The molecule has 1 aliphatic carbocycles. The van der Waals surface area contributed by atoms with Crippen LogP contribution in [0.5, 0.6) is 5.75 Å². The maximum absolute atomic E-state index is 14.7. The first-order chi connectivity index (χ1) is 20.0. The van der Waals surface area contributed by atoms with Crippen molar-refractivity contribution >= 4 is 29.1 Å². The van der Waals surface area contributed by atoms with Crippen molar-refractivity contribution in [1.29, 1.82) is 0 Å². The van der Waals surface area contributed by atoms with Crippen LogP contribution >= 0.6 is 0 Å². The van der Waals surface area contributed by atoms with Gasteiger partial charge in [-0.25, -0.2) is 4.39 Å². The molecule has 2 aliphatic heterocycles. The Balaban J connectivity index is 1.57. The summed E-state index contributed by atoms with van der Waals surface area (Å²) in [5.41, 5.74) is 1.31. The summed E-state index contributed by atoms with van der Waals surface area (Å²) in [6, 6.07) is 25.7. The van der Waals surface area contributed by atoms with Gasteiger partial charge in [-0.1, -0.05) is 84.9 Å². The van der Waals surface area contributed by atoms with Crippen molar-refractivity contribution in [3.63, 3.8) is 0 Å². The van der Waals surface area contributed by atoms with E-state index in [0.717, 1.165) is 0 Å². The summed E-state index contributed by atoms with van der Waals surface area (Å²) < 4.78 is 20.4. The molecule has 3 atom stereocenters. The Morgan fingerprint density at radius 3 is 2.24 bits per heavy atom. The van der Waals surface area contributed by atoms with Gasteiger partial charge in [-0.3, -0.25) is 14.4 Å². The minimum atomic E-state index is -1.64. The van der Waals surface area contributed by atoms with Gasteiger partial charge < -0.3 is 9.64 Å². The van der Waals surface area contributed by atoms with E-state index in [0.29, 0.717) is 45.9 Å². The molecule has 0 aromatic heterocycles. The first-order valence-corrected chi connectivity index (χ1v) is 13.7. The lowest BCUT2D eigenvalue weighted by Crippen LogP contribution is -2.48. The van der Waals surface area contributed by atoms with E-state index in [4.69, 9.17) is 4.74 Å². The zero-order chi connectivity index (χ0) is 28.3. The lowest BCUT2D eigenvalue weighted by atomic mass is 9.64. The van der Waals surface area contributed by atoms with Gasteiger partial charge in [-0.2, -0.15) is 0 Å². The Morgan fingerprint density at radius 2 is 1.54 bits per heavy atom. The molecular formula is C35H26FNO4. The number of carbonyl (C=O) groups is 3. The number of nitrogens with zero attached hydrogens (tertiary/aromatic N) is 1. The molecule has 41 heavy (non-hydrogen) atoms. The summed E-state index contributed by atoms with van der Waals surface area (Å²) in [4.78, 5) is 46.0. The summed E-state index contributed by atoms with van der Waals surface area (Å²) >= 11 is 0. The molecule has 0 bridgehead atoms. The zero-order valence-electron chi connectivity index (χ0n) is 22.3. The lowest BCUT2D eigenvalue weighted by molar-refractivity contribution is 0.0664. The Labute approximate surface area is 236 Å². The summed E-state index contributed by atoms with van der Waals surface area (Å²) in [6.07, 6.45) is 3.55. The molecule has 1 fully saturated rings. The molecule has 3 aliphatic rings. The number of rotatable bonds is 5. The van der Waals surface area contributed by atoms with Gasteiger partial charge in [-0.15, -0.1) is 0 Å². The second kappa shape index (κ2) is 9.37. The van der Waals surface area contributed by atoms with Gasteiger partial charge in [0.1, 0.15) is 23.0 Å². The number of hydrogen-bond acceptors (Lipinski definition) is 5. The van der Waals surface area contributed by atoms with Crippen molar-refractivity contribution in [2.75, 3.05) is 11.5 Å². The molecule has 1 spiro atoms. The number of para-hydroxylation sites is 1. The van der Waals surface area contributed by atoms with Gasteiger partial charge in [0.15, 0.2) is 17.3 Å². The van der Waals surface area contributed by atoms with Crippen LogP contribution in [0.2, 0.25) is 0 Å². The second-order valence-electron chi connectivity index (χ2n) is 10.6. The van der Waals surface area contributed by atoms with E-state index >= 15 is 0 Å². The second-order valence-corrected chi connectivity index (χ2v) is 10.6. The predicted octanol–water partition coefficient (Wildman–Crippen LogP) is 6.54. The van der Waals surface area contributed by atoms with Gasteiger partial charge in [-0.05, 0) is 31.2 Å².